The molecule has 0 spiro atoms. The third-order valence-corrected chi connectivity index (χ3v) is 6.61. The number of carbonyl (C=O) groups excluding carboxylic acids is 1. The molecule has 0 bridgehead atoms. The number of fused-ring (bicyclic) bond motifs is 1. The Kier molecular flexibility index (Phi) is 6.51. The Morgan fingerprint density at radius 3 is 2.45 bits per heavy atom. The minimum atomic E-state index is 0.0829. The first-order chi connectivity index (χ1) is 15.0. The topological polar surface area (TPSA) is 42.7 Å². The normalized spacial score (nSPS) is 15.2. The number of hydrogen-bond donors (Lipinski definition) is 0. The van der Waals surface area contributed by atoms with E-state index >= 15 is 0 Å². The van der Waals surface area contributed by atoms with Gasteiger partial charge in [-0.2, -0.15) is 0 Å². The number of aryl methyl sites for hydroxylation is 1. The summed E-state index contributed by atoms with van der Waals surface area (Å²) in [7, 11) is 1.67. The lowest BCUT2D eigenvalue weighted by molar-refractivity contribution is -0.125. The maximum atomic E-state index is 12.9. The molecule has 1 aliphatic rings. The van der Waals surface area contributed by atoms with Crippen molar-refractivity contribution in [2.45, 2.75) is 39.5 Å². The van der Waals surface area contributed by atoms with Crippen molar-refractivity contribution in [3.05, 3.63) is 58.3 Å². The van der Waals surface area contributed by atoms with Gasteiger partial charge in [0.15, 0.2) is 0 Å². The molecule has 2 aromatic carbocycles. The van der Waals surface area contributed by atoms with E-state index in [1.807, 2.05) is 30.9 Å². The van der Waals surface area contributed by atoms with E-state index in [2.05, 4.69) is 34.1 Å². The van der Waals surface area contributed by atoms with Crippen molar-refractivity contribution < 1.29 is 13.9 Å². The van der Waals surface area contributed by atoms with Crippen LogP contribution in [0.2, 0.25) is 0 Å². The molecular weight excluding hydrogens is 454 g/mol. The van der Waals surface area contributed by atoms with Crippen LogP contribution in [0.15, 0.2) is 51.6 Å². The standard InChI is InChI=1S/C26H28BrNO3/c1-17(14-24(29)28-12-6-4-5-7-13-28)21-15-22-23(19-8-10-20(27)11-9-19)16-31-26(22)18(2)25(21)30-3/h8-11,14-16H,4-7,12-13H2,1-3H3/b17-14+. The van der Waals surface area contributed by atoms with Crippen LogP contribution in [0.3, 0.4) is 0 Å². The second-order valence-electron chi connectivity index (χ2n) is 8.18. The SMILES string of the molecule is COc1c(/C(C)=C/C(=O)N2CCCCCC2)cc2c(-c3ccc(Br)cc3)coc2c1C. The number of nitrogens with zero attached hydrogens (tertiary/aromatic N) is 1. The van der Waals surface area contributed by atoms with E-state index in [9.17, 15) is 4.79 Å². The minimum Gasteiger partial charge on any atom is -0.496 e. The number of rotatable bonds is 4. The molecule has 0 aliphatic carbocycles. The molecule has 0 saturated carbocycles. The Morgan fingerprint density at radius 1 is 1.13 bits per heavy atom. The summed E-state index contributed by atoms with van der Waals surface area (Å²) in [5, 5.41) is 1.02. The molecule has 162 valence electrons. The molecule has 4 rings (SSSR count). The summed E-state index contributed by atoms with van der Waals surface area (Å²) >= 11 is 3.50. The number of halogens is 1. The largest absolute Gasteiger partial charge is 0.496 e. The minimum absolute atomic E-state index is 0.0829. The summed E-state index contributed by atoms with van der Waals surface area (Å²) in [6.07, 6.45) is 8.13. The van der Waals surface area contributed by atoms with Gasteiger partial charge in [-0.05, 0) is 56.0 Å². The lowest BCUT2D eigenvalue weighted by Gasteiger charge is -2.19. The van der Waals surface area contributed by atoms with Crippen molar-refractivity contribution in [2.24, 2.45) is 0 Å². The number of carbonyl (C=O) groups is 1. The molecule has 1 fully saturated rings. The molecule has 5 heteroatoms. The number of methoxy groups -OCH3 is 1. The maximum absolute atomic E-state index is 12.9. The zero-order valence-electron chi connectivity index (χ0n) is 18.3. The molecule has 3 aromatic rings. The zero-order valence-corrected chi connectivity index (χ0v) is 19.9. The highest BCUT2D eigenvalue weighted by Gasteiger charge is 2.20. The van der Waals surface area contributed by atoms with Crippen LogP contribution in [0.1, 0.15) is 43.7 Å². The van der Waals surface area contributed by atoms with Gasteiger partial charge in [0.1, 0.15) is 11.3 Å². The number of hydrogen-bond acceptors (Lipinski definition) is 3. The third-order valence-electron chi connectivity index (χ3n) is 6.09. The molecular formula is C26H28BrNO3. The Hall–Kier alpha value is -2.53. The van der Waals surface area contributed by atoms with Crippen molar-refractivity contribution >= 4 is 38.4 Å². The monoisotopic (exact) mass is 481 g/mol. The zero-order chi connectivity index (χ0) is 22.0. The van der Waals surface area contributed by atoms with E-state index < -0.39 is 0 Å². The highest BCUT2D eigenvalue weighted by Crippen LogP contribution is 2.40. The molecule has 0 atom stereocenters. The van der Waals surface area contributed by atoms with E-state index in [1.54, 1.807) is 19.4 Å². The van der Waals surface area contributed by atoms with Gasteiger partial charge in [-0.25, -0.2) is 0 Å². The fraction of sp³-hybridized carbons (Fsp3) is 0.346. The lowest BCUT2D eigenvalue weighted by atomic mass is 9.96. The van der Waals surface area contributed by atoms with Gasteiger partial charge < -0.3 is 14.1 Å². The number of ether oxygens (including phenoxy) is 1. The van der Waals surface area contributed by atoms with Gasteiger partial charge >= 0.3 is 0 Å². The van der Waals surface area contributed by atoms with Crippen molar-refractivity contribution in [1.29, 1.82) is 0 Å². The summed E-state index contributed by atoms with van der Waals surface area (Å²) in [5.74, 6) is 0.834. The predicted octanol–water partition coefficient (Wildman–Crippen LogP) is 6.99. The first kappa shape index (κ1) is 21.7. The van der Waals surface area contributed by atoms with Crippen LogP contribution >= 0.6 is 15.9 Å². The van der Waals surface area contributed by atoms with Gasteiger partial charge in [0.25, 0.3) is 0 Å². The van der Waals surface area contributed by atoms with Crippen LogP contribution in [0.5, 0.6) is 5.75 Å². The molecule has 1 aliphatic heterocycles. The highest BCUT2D eigenvalue weighted by molar-refractivity contribution is 9.10. The summed E-state index contributed by atoms with van der Waals surface area (Å²) in [6, 6.07) is 10.3. The fourth-order valence-corrected chi connectivity index (χ4v) is 4.63. The second kappa shape index (κ2) is 9.31. The number of benzene rings is 2. The Bertz CT molecular complexity index is 1120. The van der Waals surface area contributed by atoms with Crippen LogP contribution in [0.4, 0.5) is 0 Å². The number of furan rings is 1. The number of amides is 1. The van der Waals surface area contributed by atoms with Crippen LogP contribution in [0.25, 0.3) is 27.7 Å². The third kappa shape index (κ3) is 4.42. The van der Waals surface area contributed by atoms with E-state index in [0.29, 0.717) is 0 Å². The van der Waals surface area contributed by atoms with Gasteiger partial charge in [0.2, 0.25) is 5.91 Å². The quantitative estimate of drug-likeness (QED) is 0.377. The lowest BCUT2D eigenvalue weighted by Crippen LogP contribution is -2.30. The van der Waals surface area contributed by atoms with E-state index in [-0.39, 0.29) is 5.91 Å². The summed E-state index contributed by atoms with van der Waals surface area (Å²) in [5.41, 5.74) is 5.69. The van der Waals surface area contributed by atoms with Crippen LogP contribution in [-0.4, -0.2) is 31.0 Å². The molecule has 2 heterocycles. The molecule has 1 saturated heterocycles. The Morgan fingerprint density at radius 2 is 1.81 bits per heavy atom. The Labute approximate surface area is 192 Å². The predicted molar refractivity (Wildman–Crippen MR) is 129 cm³/mol. The average Bonchev–Trinajstić information content (AvgIpc) is 3.00. The van der Waals surface area contributed by atoms with Crippen molar-refractivity contribution in [3.8, 4) is 16.9 Å². The first-order valence-corrected chi connectivity index (χ1v) is 11.6. The van der Waals surface area contributed by atoms with E-state index in [0.717, 1.165) is 74.9 Å². The smallest absolute Gasteiger partial charge is 0.246 e. The summed E-state index contributed by atoms with van der Waals surface area (Å²) in [4.78, 5) is 14.9. The van der Waals surface area contributed by atoms with Crippen LogP contribution in [0, 0.1) is 6.92 Å². The Balaban J connectivity index is 1.78. The van der Waals surface area contributed by atoms with Gasteiger partial charge in [0.05, 0.1) is 13.4 Å². The van der Waals surface area contributed by atoms with E-state index in [4.69, 9.17) is 9.15 Å². The highest BCUT2D eigenvalue weighted by atomic mass is 79.9. The van der Waals surface area contributed by atoms with E-state index in [1.165, 1.54) is 12.8 Å². The second-order valence-corrected chi connectivity index (χ2v) is 9.10. The van der Waals surface area contributed by atoms with Crippen LogP contribution < -0.4 is 4.74 Å². The van der Waals surface area contributed by atoms with Crippen molar-refractivity contribution in [3.63, 3.8) is 0 Å². The van der Waals surface area contributed by atoms with Gasteiger partial charge in [-0.3, -0.25) is 4.79 Å². The van der Waals surface area contributed by atoms with Crippen molar-refractivity contribution in [1.82, 2.24) is 4.90 Å². The molecule has 1 aromatic heterocycles. The fourth-order valence-electron chi connectivity index (χ4n) is 4.37. The van der Waals surface area contributed by atoms with Crippen LogP contribution in [-0.2, 0) is 4.79 Å². The maximum Gasteiger partial charge on any atom is 0.246 e. The van der Waals surface area contributed by atoms with Crippen molar-refractivity contribution in [2.75, 3.05) is 20.2 Å². The van der Waals surface area contributed by atoms with Gasteiger partial charge in [0, 0.05) is 45.7 Å². The average molecular weight is 482 g/mol. The van der Waals surface area contributed by atoms with Gasteiger partial charge in [-0.15, -0.1) is 0 Å². The number of allylic oxidation sites excluding steroid dienone is 1. The summed E-state index contributed by atoms with van der Waals surface area (Å²) < 4.78 is 12.7. The molecule has 0 radical (unpaired) electrons. The molecule has 1 amide bonds. The molecule has 0 N–H and O–H groups in total. The molecule has 4 nitrogen and oxygen atoms in total. The first-order valence-electron chi connectivity index (χ1n) is 10.8. The molecule has 31 heavy (non-hydrogen) atoms. The number of likely N-dealkylation sites (tertiary alicyclic amines) is 1. The van der Waals surface area contributed by atoms with Gasteiger partial charge in [-0.1, -0.05) is 40.9 Å². The molecule has 0 unspecified atom stereocenters. The summed E-state index contributed by atoms with van der Waals surface area (Å²) in [6.45, 7) is 5.67.